The van der Waals surface area contributed by atoms with Crippen LogP contribution < -0.4 is 5.32 Å². The monoisotopic (exact) mass is 281 g/mol. The van der Waals surface area contributed by atoms with Crippen molar-refractivity contribution in [1.82, 2.24) is 0 Å². The first-order chi connectivity index (χ1) is 9.29. The maximum absolute atomic E-state index is 11.2. The zero-order chi connectivity index (χ0) is 15.4. The van der Waals surface area contributed by atoms with Crippen LogP contribution in [0, 0.1) is 40.0 Å². The molecule has 110 valence electrons. The van der Waals surface area contributed by atoms with E-state index in [4.69, 9.17) is 0 Å². The fraction of sp³-hybridized carbons (Fsp3) is 0.538. The van der Waals surface area contributed by atoms with Crippen molar-refractivity contribution in [1.29, 1.82) is 0 Å². The van der Waals surface area contributed by atoms with Gasteiger partial charge in [-0.25, -0.2) is 0 Å². The van der Waals surface area contributed by atoms with Gasteiger partial charge >= 0.3 is 5.69 Å². The summed E-state index contributed by atoms with van der Waals surface area (Å²) in [5.41, 5.74) is 0.538. The fourth-order valence-corrected chi connectivity index (χ4v) is 1.85. The number of rotatable bonds is 6. The number of benzene rings is 1. The number of nitrogens with zero attached hydrogens (tertiary/aromatic N) is 2. The molecule has 0 heterocycles. The second-order valence-electron chi connectivity index (χ2n) is 4.97. The quantitative estimate of drug-likeness (QED) is 0.634. The third-order valence-corrected chi connectivity index (χ3v) is 3.50. The van der Waals surface area contributed by atoms with Crippen molar-refractivity contribution < 1.29 is 9.85 Å². The van der Waals surface area contributed by atoms with E-state index >= 15 is 0 Å². The van der Waals surface area contributed by atoms with E-state index in [0.29, 0.717) is 17.7 Å². The molecule has 7 nitrogen and oxygen atoms in total. The molecular formula is C13H19N3O4. The molecule has 0 saturated heterocycles. The molecule has 0 spiro atoms. The van der Waals surface area contributed by atoms with Gasteiger partial charge in [-0.15, -0.1) is 0 Å². The van der Waals surface area contributed by atoms with Crippen LogP contribution in [0.3, 0.4) is 0 Å². The second-order valence-corrected chi connectivity index (χ2v) is 4.97. The average molecular weight is 281 g/mol. The van der Waals surface area contributed by atoms with Gasteiger partial charge in [-0.1, -0.05) is 20.3 Å². The molecule has 1 atom stereocenters. The van der Waals surface area contributed by atoms with Gasteiger partial charge in [0, 0.05) is 18.2 Å². The lowest BCUT2D eigenvalue weighted by Gasteiger charge is -2.13. The standard InChI is InChI=1S/C13H19N3O4/c1-5-8(2)7-14-12-11(15(17)18)6-9(3)10(4)13(12)16(19)20/h6,8,14H,5,7H2,1-4H3/t8-/m0/s1. The van der Waals surface area contributed by atoms with E-state index in [1.54, 1.807) is 13.8 Å². The molecular weight excluding hydrogens is 262 g/mol. The van der Waals surface area contributed by atoms with Crippen molar-refractivity contribution in [2.24, 2.45) is 5.92 Å². The third-order valence-electron chi connectivity index (χ3n) is 3.50. The van der Waals surface area contributed by atoms with Gasteiger partial charge in [0.05, 0.1) is 9.85 Å². The van der Waals surface area contributed by atoms with Crippen LogP contribution in [0.1, 0.15) is 31.4 Å². The second kappa shape index (κ2) is 6.31. The van der Waals surface area contributed by atoms with Crippen LogP contribution in [0.4, 0.5) is 17.1 Å². The Hall–Kier alpha value is -2.18. The van der Waals surface area contributed by atoms with Crippen LogP contribution in [0.2, 0.25) is 0 Å². The Morgan fingerprint density at radius 3 is 2.30 bits per heavy atom. The van der Waals surface area contributed by atoms with Gasteiger partial charge < -0.3 is 5.32 Å². The van der Waals surface area contributed by atoms with Gasteiger partial charge in [0.1, 0.15) is 0 Å². The summed E-state index contributed by atoms with van der Waals surface area (Å²) < 4.78 is 0. The van der Waals surface area contributed by atoms with Gasteiger partial charge in [0.25, 0.3) is 5.69 Å². The molecule has 1 aromatic carbocycles. The molecule has 0 unspecified atom stereocenters. The number of nitrogens with one attached hydrogen (secondary N) is 1. The number of hydrogen-bond donors (Lipinski definition) is 1. The summed E-state index contributed by atoms with van der Waals surface area (Å²) in [6, 6.07) is 1.38. The van der Waals surface area contributed by atoms with E-state index < -0.39 is 9.85 Å². The van der Waals surface area contributed by atoms with Crippen LogP contribution in [0.5, 0.6) is 0 Å². The lowest BCUT2D eigenvalue weighted by molar-refractivity contribution is -0.392. The minimum Gasteiger partial charge on any atom is -0.374 e. The Bertz CT molecular complexity index is 543. The molecule has 1 N–H and O–H groups in total. The Balaban J connectivity index is 3.39. The summed E-state index contributed by atoms with van der Waals surface area (Å²) >= 11 is 0. The molecule has 0 aliphatic rings. The Morgan fingerprint density at radius 1 is 1.25 bits per heavy atom. The Kier molecular flexibility index (Phi) is 5.01. The molecule has 7 heteroatoms. The van der Waals surface area contributed by atoms with Crippen LogP contribution in [0.15, 0.2) is 6.07 Å². The SMILES string of the molecule is CC[C@H](C)CNc1c([N+](=O)[O-])cc(C)c(C)c1[N+](=O)[O-]. The highest BCUT2D eigenvalue weighted by atomic mass is 16.6. The van der Waals surface area contributed by atoms with Crippen LogP contribution >= 0.6 is 0 Å². The van der Waals surface area contributed by atoms with Gasteiger partial charge in [0.2, 0.25) is 0 Å². The minimum absolute atomic E-state index is 0.00315. The molecule has 0 saturated carbocycles. The summed E-state index contributed by atoms with van der Waals surface area (Å²) in [4.78, 5) is 21.2. The van der Waals surface area contributed by atoms with E-state index in [1.165, 1.54) is 6.07 Å². The van der Waals surface area contributed by atoms with Crippen LogP contribution in [-0.4, -0.2) is 16.4 Å². The van der Waals surface area contributed by atoms with Crippen molar-refractivity contribution >= 4 is 17.1 Å². The van der Waals surface area contributed by atoms with Gasteiger partial charge in [-0.05, 0) is 25.3 Å². The molecule has 0 fully saturated rings. The predicted molar refractivity (Wildman–Crippen MR) is 77.2 cm³/mol. The van der Waals surface area contributed by atoms with Gasteiger partial charge in [-0.2, -0.15) is 0 Å². The normalized spacial score (nSPS) is 12.0. The van der Waals surface area contributed by atoms with E-state index in [2.05, 4.69) is 5.32 Å². The molecule has 0 aliphatic carbocycles. The van der Waals surface area contributed by atoms with Crippen molar-refractivity contribution in [3.8, 4) is 0 Å². The molecule has 0 aliphatic heterocycles. The number of nitro benzene ring substituents is 2. The lowest BCUT2D eigenvalue weighted by Crippen LogP contribution is -2.14. The molecule has 0 bridgehead atoms. The number of hydrogen-bond acceptors (Lipinski definition) is 5. The third kappa shape index (κ3) is 3.23. The predicted octanol–water partition coefficient (Wildman–Crippen LogP) is 3.58. The van der Waals surface area contributed by atoms with Gasteiger partial charge in [-0.3, -0.25) is 20.2 Å². The Morgan fingerprint density at radius 2 is 1.85 bits per heavy atom. The highest BCUT2D eigenvalue weighted by Gasteiger charge is 2.29. The van der Waals surface area contributed by atoms with Crippen molar-refractivity contribution in [3.05, 3.63) is 37.4 Å². The summed E-state index contributed by atoms with van der Waals surface area (Å²) in [5.74, 6) is 0.274. The molecule has 0 radical (unpaired) electrons. The topological polar surface area (TPSA) is 98.3 Å². The summed E-state index contributed by atoms with van der Waals surface area (Å²) in [6.07, 6.45) is 0.888. The highest BCUT2D eigenvalue weighted by Crippen LogP contribution is 2.39. The first-order valence-electron chi connectivity index (χ1n) is 6.46. The first-order valence-corrected chi connectivity index (χ1v) is 6.46. The molecule has 0 aromatic heterocycles. The minimum atomic E-state index is -0.585. The lowest BCUT2D eigenvalue weighted by atomic mass is 10.0. The van der Waals surface area contributed by atoms with Crippen molar-refractivity contribution in [2.75, 3.05) is 11.9 Å². The number of aryl methyl sites for hydroxylation is 1. The maximum Gasteiger partial charge on any atom is 0.302 e. The smallest absolute Gasteiger partial charge is 0.302 e. The molecule has 1 rings (SSSR count). The molecule has 0 amide bonds. The van der Waals surface area contributed by atoms with E-state index in [0.717, 1.165) is 6.42 Å². The summed E-state index contributed by atoms with van der Waals surface area (Å²) in [5, 5.41) is 25.2. The van der Waals surface area contributed by atoms with E-state index in [-0.39, 0.29) is 23.0 Å². The summed E-state index contributed by atoms with van der Waals surface area (Å²) in [7, 11) is 0. The number of nitro groups is 2. The van der Waals surface area contributed by atoms with E-state index in [1.807, 2.05) is 13.8 Å². The van der Waals surface area contributed by atoms with Gasteiger partial charge in [0.15, 0.2) is 5.69 Å². The van der Waals surface area contributed by atoms with Crippen molar-refractivity contribution in [2.45, 2.75) is 34.1 Å². The molecule has 1 aromatic rings. The maximum atomic E-state index is 11.2. The van der Waals surface area contributed by atoms with Crippen LogP contribution in [-0.2, 0) is 0 Å². The van der Waals surface area contributed by atoms with E-state index in [9.17, 15) is 20.2 Å². The Labute approximate surface area is 117 Å². The zero-order valence-corrected chi connectivity index (χ0v) is 12.1. The molecule has 20 heavy (non-hydrogen) atoms. The number of anilines is 1. The highest BCUT2D eigenvalue weighted by molar-refractivity contribution is 5.77. The summed E-state index contributed by atoms with van der Waals surface area (Å²) in [6.45, 7) is 7.67. The zero-order valence-electron chi connectivity index (χ0n) is 12.1. The van der Waals surface area contributed by atoms with Crippen LogP contribution in [0.25, 0.3) is 0 Å². The van der Waals surface area contributed by atoms with Crippen molar-refractivity contribution in [3.63, 3.8) is 0 Å². The average Bonchev–Trinajstić information content (AvgIpc) is 2.38. The largest absolute Gasteiger partial charge is 0.374 e. The first kappa shape index (κ1) is 15.9. The fourth-order valence-electron chi connectivity index (χ4n) is 1.85.